The Labute approximate surface area is 161 Å². The lowest BCUT2D eigenvalue weighted by atomic mass is 10.1. The monoisotopic (exact) mass is 438 g/mol. The Bertz CT molecular complexity index is 904. The topological polar surface area (TPSA) is 87.8 Å². The maximum absolute atomic E-state index is 13.1. The van der Waals surface area contributed by atoms with Crippen LogP contribution in [0.4, 0.5) is 15.8 Å². The molecule has 26 heavy (non-hydrogen) atoms. The quantitative estimate of drug-likeness (QED) is 0.766. The predicted octanol–water partition coefficient (Wildman–Crippen LogP) is 3.30. The third kappa shape index (κ3) is 3.86. The van der Waals surface area contributed by atoms with Gasteiger partial charge in [0.15, 0.2) is 0 Å². The third-order valence-electron chi connectivity index (χ3n) is 3.77. The highest BCUT2D eigenvalue weighted by atomic mass is 79.9. The van der Waals surface area contributed by atoms with Crippen molar-refractivity contribution in [2.75, 3.05) is 10.3 Å². The molecule has 0 saturated carbocycles. The second-order valence-electron chi connectivity index (χ2n) is 5.57. The molecule has 0 aliphatic carbocycles. The highest BCUT2D eigenvalue weighted by Gasteiger charge is 2.35. The Morgan fingerprint density at radius 1 is 1.27 bits per heavy atom. The first kappa shape index (κ1) is 18.3. The van der Waals surface area contributed by atoms with Crippen molar-refractivity contribution in [1.29, 1.82) is 0 Å². The molecule has 0 fully saturated rings. The van der Waals surface area contributed by atoms with Crippen molar-refractivity contribution in [1.82, 2.24) is 0 Å². The SMILES string of the molecule is NC(=O)C1CC(C(=O)Nc2ccc(Br)cc2Cl)=NN1c1ccc(F)cc1. The number of carbonyl (C=O) groups excluding carboxylic acids is 2. The van der Waals surface area contributed by atoms with E-state index >= 15 is 0 Å². The Morgan fingerprint density at radius 3 is 2.58 bits per heavy atom. The van der Waals surface area contributed by atoms with Gasteiger partial charge in [-0.3, -0.25) is 14.6 Å². The number of hydrogen-bond donors (Lipinski definition) is 2. The molecule has 6 nitrogen and oxygen atoms in total. The highest BCUT2D eigenvalue weighted by molar-refractivity contribution is 9.10. The van der Waals surface area contributed by atoms with Crippen molar-refractivity contribution in [3.8, 4) is 0 Å². The smallest absolute Gasteiger partial charge is 0.272 e. The fraction of sp³-hybridized carbons (Fsp3) is 0.118. The fourth-order valence-electron chi connectivity index (χ4n) is 2.49. The first-order valence-electron chi connectivity index (χ1n) is 7.53. The summed E-state index contributed by atoms with van der Waals surface area (Å²) in [5, 5.41) is 8.53. The van der Waals surface area contributed by atoms with E-state index in [1.165, 1.54) is 29.3 Å². The van der Waals surface area contributed by atoms with Crippen LogP contribution in [-0.2, 0) is 9.59 Å². The van der Waals surface area contributed by atoms with Crippen LogP contribution in [0.25, 0.3) is 0 Å². The van der Waals surface area contributed by atoms with Gasteiger partial charge in [-0.2, -0.15) is 5.10 Å². The van der Waals surface area contributed by atoms with Crippen LogP contribution in [-0.4, -0.2) is 23.6 Å². The summed E-state index contributed by atoms with van der Waals surface area (Å²) in [7, 11) is 0. The molecule has 0 radical (unpaired) electrons. The normalized spacial score (nSPS) is 16.3. The van der Waals surface area contributed by atoms with Crippen molar-refractivity contribution in [3.05, 3.63) is 57.8 Å². The molecule has 0 spiro atoms. The summed E-state index contributed by atoms with van der Waals surface area (Å²) in [5.74, 6) is -1.55. The molecule has 2 aromatic carbocycles. The molecule has 1 heterocycles. The zero-order valence-electron chi connectivity index (χ0n) is 13.2. The lowest BCUT2D eigenvalue weighted by Gasteiger charge is -2.20. The van der Waals surface area contributed by atoms with E-state index in [4.69, 9.17) is 17.3 Å². The van der Waals surface area contributed by atoms with Crippen molar-refractivity contribution in [2.45, 2.75) is 12.5 Å². The van der Waals surface area contributed by atoms with E-state index in [-0.39, 0.29) is 12.1 Å². The second kappa shape index (κ2) is 7.43. The van der Waals surface area contributed by atoms with Crippen LogP contribution in [0.2, 0.25) is 5.02 Å². The van der Waals surface area contributed by atoms with Gasteiger partial charge in [-0.15, -0.1) is 0 Å². The minimum Gasteiger partial charge on any atom is -0.368 e. The summed E-state index contributed by atoms with van der Waals surface area (Å²) >= 11 is 9.38. The fourth-order valence-corrected chi connectivity index (χ4v) is 3.21. The molecular formula is C17H13BrClFN4O2. The number of nitrogens with zero attached hydrogens (tertiary/aromatic N) is 2. The standard InChI is InChI=1S/C17H13BrClFN4O2/c18-9-1-6-13(12(19)7-9)22-17(26)14-8-15(16(21)25)24(23-14)11-4-2-10(20)3-5-11/h1-7,15H,8H2,(H2,21,25)(H,22,26). The summed E-state index contributed by atoms with van der Waals surface area (Å²) in [6.07, 6.45) is 0.0344. The molecule has 0 bridgehead atoms. The number of amides is 2. The Morgan fingerprint density at radius 2 is 1.96 bits per heavy atom. The summed E-state index contributed by atoms with van der Waals surface area (Å²) in [6, 6.07) is 9.58. The highest BCUT2D eigenvalue weighted by Crippen LogP contribution is 2.28. The number of benzene rings is 2. The molecule has 1 aliphatic heterocycles. The molecule has 1 unspecified atom stereocenters. The number of carbonyl (C=O) groups is 2. The number of anilines is 2. The van der Waals surface area contributed by atoms with E-state index in [0.29, 0.717) is 16.4 Å². The van der Waals surface area contributed by atoms with Crippen LogP contribution in [0.1, 0.15) is 6.42 Å². The average Bonchev–Trinajstić information content (AvgIpc) is 3.04. The molecular weight excluding hydrogens is 427 g/mol. The molecule has 0 saturated heterocycles. The van der Waals surface area contributed by atoms with Gasteiger partial charge < -0.3 is 11.1 Å². The third-order valence-corrected chi connectivity index (χ3v) is 4.58. The van der Waals surface area contributed by atoms with Crippen LogP contribution in [0.3, 0.4) is 0 Å². The molecule has 1 aliphatic rings. The summed E-state index contributed by atoms with van der Waals surface area (Å²) in [5.41, 5.74) is 6.42. The summed E-state index contributed by atoms with van der Waals surface area (Å²) < 4.78 is 13.9. The van der Waals surface area contributed by atoms with Gasteiger partial charge in [-0.25, -0.2) is 4.39 Å². The van der Waals surface area contributed by atoms with E-state index in [2.05, 4.69) is 26.3 Å². The lowest BCUT2D eigenvalue weighted by molar-refractivity contribution is -0.119. The van der Waals surface area contributed by atoms with E-state index in [1.54, 1.807) is 18.2 Å². The van der Waals surface area contributed by atoms with Crippen LogP contribution < -0.4 is 16.1 Å². The van der Waals surface area contributed by atoms with E-state index in [0.717, 1.165) is 4.47 Å². The number of hydrogen-bond acceptors (Lipinski definition) is 4. The van der Waals surface area contributed by atoms with Gasteiger partial charge in [0.1, 0.15) is 17.6 Å². The van der Waals surface area contributed by atoms with Crippen molar-refractivity contribution < 1.29 is 14.0 Å². The molecule has 134 valence electrons. The molecule has 9 heteroatoms. The number of nitrogens with one attached hydrogen (secondary N) is 1. The number of nitrogens with two attached hydrogens (primary N) is 1. The molecule has 2 amide bonds. The Hall–Kier alpha value is -2.45. The average molecular weight is 440 g/mol. The number of halogens is 3. The van der Waals surface area contributed by atoms with Crippen LogP contribution >= 0.6 is 27.5 Å². The summed E-state index contributed by atoms with van der Waals surface area (Å²) in [6.45, 7) is 0. The zero-order valence-corrected chi connectivity index (χ0v) is 15.6. The van der Waals surface area contributed by atoms with Gasteiger partial charge in [0, 0.05) is 10.9 Å². The van der Waals surface area contributed by atoms with Gasteiger partial charge in [0.2, 0.25) is 5.91 Å². The second-order valence-corrected chi connectivity index (χ2v) is 6.89. The summed E-state index contributed by atoms with van der Waals surface area (Å²) in [4.78, 5) is 24.2. The maximum atomic E-state index is 13.1. The minimum atomic E-state index is -0.832. The minimum absolute atomic E-state index is 0.0344. The molecule has 3 rings (SSSR count). The van der Waals surface area contributed by atoms with Crippen molar-refractivity contribution in [3.63, 3.8) is 0 Å². The van der Waals surface area contributed by atoms with Crippen LogP contribution in [0, 0.1) is 5.82 Å². The van der Waals surface area contributed by atoms with Crippen LogP contribution in [0.15, 0.2) is 52.0 Å². The van der Waals surface area contributed by atoms with Gasteiger partial charge in [0.05, 0.1) is 16.4 Å². The van der Waals surface area contributed by atoms with E-state index in [1.807, 2.05) is 0 Å². The first-order valence-corrected chi connectivity index (χ1v) is 8.70. The number of rotatable bonds is 4. The Kier molecular flexibility index (Phi) is 5.24. The van der Waals surface area contributed by atoms with Crippen molar-refractivity contribution in [2.24, 2.45) is 10.8 Å². The molecule has 0 aromatic heterocycles. The maximum Gasteiger partial charge on any atom is 0.272 e. The Balaban J connectivity index is 1.84. The van der Waals surface area contributed by atoms with E-state index in [9.17, 15) is 14.0 Å². The van der Waals surface area contributed by atoms with Gasteiger partial charge >= 0.3 is 0 Å². The van der Waals surface area contributed by atoms with Crippen molar-refractivity contribution >= 4 is 56.4 Å². The van der Waals surface area contributed by atoms with Gasteiger partial charge in [-0.05, 0) is 42.5 Å². The lowest BCUT2D eigenvalue weighted by Crippen LogP contribution is -2.39. The molecule has 1 atom stereocenters. The van der Waals surface area contributed by atoms with Gasteiger partial charge in [0.25, 0.3) is 5.91 Å². The van der Waals surface area contributed by atoms with E-state index < -0.39 is 23.7 Å². The zero-order chi connectivity index (χ0) is 18.8. The molecule has 3 N–H and O–H groups in total. The predicted molar refractivity (Wildman–Crippen MR) is 102 cm³/mol. The number of hydrazone groups is 1. The van der Waals surface area contributed by atoms with Crippen LogP contribution in [0.5, 0.6) is 0 Å². The first-order chi connectivity index (χ1) is 12.3. The largest absolute Gasteiger partial charge is 0.368 e. The molecule has 2 aromatic rings. The van der Waals surface area contributed by atoms with Gasteiger partial charge in [-0.1, -0.05) is 27.5 Å². The number of primary amides is 1.